The van der Waals surface area contributed by atoms with Crippen LogP contribution in [0.25, 0.3) is 0 Å². The maximum atomic E-state index is 11.0. The molecule has 2 rings (SSSR count). The molecular weight excluding hydrogens is 234 g/mol. The molecule has 1 aromatic heterocycles. The highest BCUT2D eigenvalue weighted by Crippen LogP contribution is 2.14. The summed E-state index contributed by atoms with van der Waals surface area (Å²) in [5.41, 5.74) is 0.992. The highest BCUT2D eigenvalue weighted by molar-refractivity contribution is 5.88. The molecule has 6 heteroatoms. The second kappa shape index (κ2) is 5.97. The van der Waals surface area contributed by atoms with Crippen molar-refractivity contribution in [1.29, 1.82) is 0 Å². The fraction of sp³-hybridized carbons (Fsp3) is 0.667. The Morgan fingerprint density at radius 3 is 3.00 bits per heavy atom. The molecule has 6 nitrogen and oxygen atoms in total. The van der Waals surface area contributed by atoms with Crippen LogP contribution in [0.4, 0.5) is 0 Å². The van der Waals surface area contributed by atoms with Crippen molar-refractivity contribution in [3.63, 3.8) is 0 Å². The Morgan fingerprint density at radius 2 is 2.33 bits per heavy atom. The summed E-state index contributed by atoms with van der Waals surface area (Å²) in [5, 5.41) is 16.3. The molecule has 100 valence electrons. The molecule has 0 bridgehead atoms. The van der Waals surface area contributed by atoms with Gasteiger partial charge in [-0.1, -0.05) is 0 Å². The van der Waals surface area contributed by atoms with Crippen molar-refractivity contribution in [3.8, 4) is 0 Å². The van der Waals surface area contributed by atoms with Crippen LogP contribution < -0.4 is 5.32 Å². The number of rotatable bonds is 5. The number of aryl methyl sites for hydroxylation is 1. The number of hydrogen-bond acceptors (Lipinski definition) is 4. The molecule has 2 heterocycles. The highest BCUT2D eigenvalue weighted by atomic mass is 16.5. The van der Waals surface area contributed by atoms with Gasteiger partial charge in [-0.15, -0.1) is 0 Å². The predicted molar refractivity (Wildman–Crippen MR) is 65.4 cm³/mol. The second-order valence-electron chi connectivity index (χ2n) is 4.62. The van der Waals surface area contributed by atoms with Crippen LogP contribution in [0.3, 0.4) is 0 Å². The lowest BCUT2D eigenvalue weighted by Gasteiger charge is -2.22. The Labute approximate surface area is 106 Å². The summed E-state index contributed by atoms with van der Waals surface area (Å²) in [6, 6.07) is 0. The van der Waals surface area contributed by atoms with Crippen molar-refractivity contribution in [1.82, 2.24) is 15.1 Å². The normalized spacial score (nSPS) is 16.9. The third-order valence-corrected chi connectivity index (χ3v) is 3.36. The first kappa shape index (κ1) is 13.0. The van der Waals surface area contributed by atoms with E-state index in [0.29, 0.717) is 12.5 Å². The molecular formula is C12H19N3O3. The van der Waals surface area contributed by atoms with E-state index in [4.69, 9.17) is 9.84 Å². The van der Waals surface area contributed by atoms with Gasteiger partial charge in [-0.2, -0.15) is 5.10 Å². The van der Waals surface area contributed by atoms with Crippen molar-refractivity contribution >= 4 is 5.97 Å². The summed E-state index contributed by atoms with van der Waals surface area (Å²) < 4.78 is 6.91. The number of ether oxygens (including phenoxy) is 1. The molecule has 1 aliphatic heterocycles. The van der Waals surface area contributed by atoms with Gasteiger partial charge in [0.15, 0.2) is 0 Å². The van der Waals surface area contributed by atoms with E-state index in [1.165, 1.54) is 6.20 Å². The molecule has 0 atom stereocenters. The number of nitrogens with one attached hydrogen (secondary N) is 1. The molecule has 0 spiro atoms. The third-order valence-electron chi connectivity index (χ3n) is 3.36. The minimum atomic E-state index is -0.925. The van der Waals surface area contributed by atoms with Crippen LogP contribution in [0.5, 0.6) is 0 Å². The summed E-state index contributed by atoms with van der Waals surface area (Å²) in [4.78, 5) is 11.0. The third kappa shape index (κ3) is 3.08. The standard InChI is InChI=1S/C12H19N3O3/c1-15-11(10(7-14-15)12(16)17)8-13-6-9-2-4-18-5-3-9/h7,9,13H,2-6,8H2,1H3,(H,16,17). The molecule has 0 radical (unpaired) electrons. The van der Waals surface area contributed by atoms with Crippen molar-refractivity contribution in [2.45, 2.75) is 19.4 Å². The minimum Gasteiger partial charge on any atom is -0.478 e. The van der Waals surface area contributed by atoms with Gasteiger partial charge in [0.1, 0.15) is 5.56 Å². The lowest BCUT2D eigenvalue weighted by Crippen LogP contribution is -2.28. The summed E-state index contributed by atoms with van der Waals surface area (Å²) in [5.74, 6) is -0.300. The molecule has 0 amide bonds. The number of hydrogen-bond donors (Lipinski definition) is 2. The number of carbonyl (C=O) groups is 1. The molecule has 1 aliphatic rings. The number of carboxylic acid groups (broad SMARTS) is 1. The van der Waals surface area contributed by atoms with Crippen LogP contribution >= 0.6 is 0 Å². The maximum absolute atomic E-state index is 11.0. The zero-order valence-corrected chi connectivity index (χ0v) is 10.6. The van der Waals surface area contributed by atoms with Crippen LogP contribution in [0.15, 0.2) is 6.20 Å². The lowest BCUT2D eigenvalue weighted by atomic mass is 10.0. The van der Waals surface area contributed by atoms with Crippen LogP contribution in [0, 0.1) is 5.92 Å². The molecule has 0 aliphatic carbocycles. The van der Waals surface area contributed by atoms with Gasteiger partial charge in [-0.25, -0.2) is 4.79 Å². The van der Waals surface area contributed by atoms with Crippen LogP contribution in [-0.4, -0.2) is 40.6 Å². The molecule has 2 N–H and O–H groups in total. The molecule has 1 aromatic rings. The Balaban J connectivity index is 1.85. The second-order valence-corrected chi connectivity index (χ2v) is 4.62. The van der Waals surface area contributed by atoms with Crippen LogP contribution in [-0.2, 0) is 18.3 Å². The molecule has 1 fully saturated rings. The summed E-state index contributed by atoms with van der Waals surface area (Å²) >= 11 is 0. The van der Waals surface area contributed by atoms with Gasteiger partial charge in [-0.05, 0) is 25.3 Å². The number of aromatic carboxylic acids is 1. The van der Waals surface area contributed by atoms with E-state index in [1.807, 2.05) is 0 Å². The minimum absolute atomic E-state index is 0.275. The Kier molecular flexibility index (Phi) is 4.33. The lowest BCUT2D eigenvalue weighted by molar-refractivity contribution is 0.0661. The first-order chi connectivity index (χ1) is 8.68. The molecule has 1 saturated heterocycles. The van der Waals surface area contributed by atoms with Crippen molar-refractivity contribution in [3.05, 3.63) is 17.5 Å². The smallest absolute Gasteiger partial charge is 0.339 e. The molecule has 0 unspecified atom stereocenters. The number of nitrogens with zero attached hydrogens (tertiary/aromatic N) is 2. The van der Waals surface area contributed by atoms with E-state index < -0.39 is 5.97 Å². The van der Waals surface area contributed by atoms with Crippen molar-refractivity contribution in [2.75, 3.05) is 19.8 Å². The van der Waals surface area contributed by atoms with E-state index in [9.17, 15) is 4.79 Å². The quantitative estimate of drug-likeness (QED) is 0.805. The van der Waals surface area contributed by atoms with Gasteiger partial charge >= 0.3 is 5.97 Å². The largest absolute Gasteiger partial charge is 0.478 e. The van der Waals surface area contributed by atoms with Crippen LogP contribution in [0.2, 0.25) is 0 Å². The molecule has 18 heavy (non-hydrogen) atoms. The van der Waals surface area contributed by atoms with Gasteiger partial charge < -0.3 is 15.2 Å². The molecule has 0 aromatic carbocycles. The summed E-state index contributed by atoms with van der Waals surface area (Å²) in [6.07, 6.45) is 3.54. The van der Waals surface area contributed by atoms with Gasteiger partial charge in [-0.3, -0.25) is 4.68 Å². The highest BCUT2D eigenvalue weighted by Gasteiger charge is 2.16. The van der Waals surface area contributed by atoms with Gasteiger partial charge in [0.2, 0.25) is 0 Å². The Morgan fingerprint density at radius 1 is 1.61 bits per heavy atom. The summed E-state index contributed by atoms with van der Waals surface area (Å²) in [7, 11) is 1.76. The van der Waals surface area contributed by atoms with Gasteiger partial charge in [0.25, 0.3) is 0 Å². The fourth-order valence-corrected chi connectivity index (χ4v) is 2.20. The number of aromatic nitrogens is 2. The first-order valence-corrected chi connectivity index (χ1v) is 6.21. The first-order valence-electron chi connectivity index (χ1n) is 6.21. The average Bonchev–Trinajstić information content (AvgIpc) is 2.73. The van der Waals surface area contributed by atoms with E-state index in [2.05, 4.69) is 10.4 Å². The fourth-order valence-electron chi connectivity index (χ4n) is 2.20. The average molecular weight is 253 g/mol. The van der Waals surface area contributed by atoms with Gasteiger partial charge in [0.05, 0.1) is 11.9 Å². The zero-order chi connectivity index (χ0) is 13.0. The SMILES string of the molecule is Cn1ncc(C(=O)O)c1CNCC1CCOCC1. The number of carboxylic acids is 1. The van der Waals surface area contributed by atoms with E-state index in [0.717, 1.165) is 38.3 Å². The van der Waals surface area contributed by atoms with Crippen molar-refractivity contribution in [2.24, 2.45) is 13.0 Å². The van der Waals surface area contributed by atoms with Crippen LogP contribution in [0.1, 0.15) is 28.9 Å². The zero-order valence-electron chi connectivity index (χ0n) is 10.6. The van der Waals surface area contributed by atoms with Crippen molar-refractivity contribution < 1.29 is 14.6 Å². The van der Waals surface area contributed by atoms with E-state index in [1.54, 1.807) is 11.7 Å². The topological polar surface area (TPSA) is 76.4 Å². The maximum Gasteiger partial charge on any atom is 0.339 e. The van der Waals surface area contributed by atoms with E-state index in [-0.39, 0.29) is 5.56 Å². The Bertz CT molecular complexity index is 411. The predicted octanol–water partition coefficient (Wildman–Crippen LogP) is 0.634. The molecule has 0 saturated carbocycles. The monoisotopic (exact) mass is 253 g/mol. The van der Waals surface area contributed by atoms with E-state index >= 15 is 0 Å². The van der Waals surface area contributed by atoms with Gasteiger partial charge in [0, 0.05) is 26.8 Å². The summed E-state index contributed by atoms with van der Waals surface area (Å²) in [6.45, 7) is 3.10. The Hall–Kier alpha value is -1.40.